The van der Waals surface area contributed by atoms with E-state index < -0.39 is 11.7 Å². The van der Waals surface area contributed by atoms with Crippen molar-refractivity contribution < 1.29 is 13.2 Å². The van der Waals surface area contributed by atoms with Crippen LogP contribution in [0.15, 0.2) is 23.4 Å². The van der Waals surface area contributed by atoms with Crippen LogP contribution in [-0.2, 0) is 6.18 Å². The number of nitroso groups, excluding NO2 is 1. The second-order valence-corrected chi connectivity index (χ2v) is 2.65. The van der Waals surface area contributed by atoms with Gasteiger partial charge in [-0.05, 0) is 35.9 Å². The lowest BCUT2D eigenvalue weighted by Crippen LogP contribution is -2.04. The third-order valence-corrected chi connectivity index (χ3v) is 1.49. The van der Waals surface area contributed by atoms with Gasteiger partial charge in [0.05, 0.1) is 5.56 Å². The standard InChI is InChI=1S/C8H6F3NO/c1-5-2-6(8(9,10)11)4-7(3-5)12-13/h2-4H,1H3. The first-order valence-electron chi connectivity index (χ1n) is 3.46. The molecule has 0 bridgehead atoms. The lowest BCUT2D eigenvalue weighted by molar-refractivity contribution is -0.137. The van der Waals surface area contributed by atoms with E-state index in [1.54, 1.807) is 0 Å². The number of alkyl halides is 3. The van der Waals surface area contributed by atoms with Gasteiger partial charge in [-0.15, -0.1) is 4.91 Å². The number of nitrogens with zero attached hydrogens (tertiary/aromatic N) is 1. The van der Waals surface area contributed by atoms with Gasteiger partial charge in [0, 0.05) is 0 Å². The van der Waals surface area contributed by atoms with Gasteiger partial charge in [-0.2, -0.15) is 13.2 Å². The first kappa shape index (κ1) is 9.70. The van der Waals surface area contributed by atoms with Crippen molar-refractivity contribution in [1.82, 2.24) is 0 Å². The molecule has 0 N–H and O–H groups in total. The van der Waals surface area contributed by atoms with Crippen LogP contribution in [0.25, 0.3) is 0 Å². The van der Waals surface area contributed by atoms with Crippen LogP contribution in [0.3, 0.4) is 0 Å². The molecule has 0 spiro atoms. The maximum Gasteiger partial charge on any atom is 0.416 e. The number of benzene rings is 1. The van der Waals surface area contributed by atoms with E-state index in [2.05, 4.69) is 5.18 Å². The van der Waals surface area contributed by atoms with Gasteiger partial charge in [-0.1, -0.05) is 0 Å². The Morgan fingerprint density at radius 1 is 1.23 bits per heavy atom. The molecule has 1 aromatic rings. The fourth-order valence-electron chi connectivity index (χ4n) is 0.979. The maximum atomic E-state index is 12.1. The minimum atomic E-state index is -4.43. The topological polar surface area (TPSA) is 29.4 Å². The summed E-state index contributed by atoms with van der Waals surface area (Å²) in [6.45, 7) is 1.48. The van der Waals surface area contributed by atoms with Crippen molar-refractivity contribution in [2.24, 2.45) is 5.18 Å². The Balaban J connectivity index is 3.24. The van der Waals surface area contributed by atoms with Gasteiger partial charge >= 0.3 is 6.18 Å². The molecule has 0 fully saturated rings. The molecule has 5 heteroatoms. The van der Waals surface area contributed by atoms with E-state index >= 15 is 0 Å². The van der Waals surface area contributed by atoms with E-state index in [0.29, 0.717) is 5.56 Å². The first-order chi connectivity index (χ1) is 5.93. The summed E-state index contributed by atoms with van der Waals surface area (Å²) in [4.78, 5) is 10.0. The van der Waals surface area contributed by atoms with Gasteiger partial charge in [0.25, 0.3) is 0 Å². The Morgan fingerprint density at radius 3 is 2.31 bits per heavy atom. The van der Waals surface area contributed by atoms with Crippen LogP contribution in [0.1, 0.15) is 11.1 Å². The largest absolute Gasteiger partial charge is 0.416 e. The van der Waals surface area contributed by atoms with Gasteiger partial charge in [0.1, 0.15) is 5.69 Å². The summed E-state index contributed by atoms with van der Waals surface area (Å²) >= 11 is 0. The molecule has 2 nitrogen and oxygen atoms in total. The Hall–Kier alpha value is -1.39. The molecule has 0 aliphatic heterocycles. The zero-order valence-corrected chi connectivity index (χ0v) is 6.72. The van der Waals surface area contributed by atoms with E-state index in [1.165, 1.54) is 13.0 Å². The molecule has 13 heavy (non-hydrogen) atoms. The number of rotatable bonds is 1. The van der Waals surface area contributed by atoms with Crippen molar-refractivity contribution in [3.8, 4) is 0 Å². The lowest BCUT2D eigenvalue weighted by Gasteiger charge is -2.07. The highest BCUT2D eigenvalue weighted by atomic mass is 19.4. The molecule has 70 valence electrons. The van der Waals surface area contributed by atoms with E-state index in [4.69, 9.17) is 0 Å². The normalized spacial score (nSPS) is 11.4. The predicted octanol–water partition coefficient (Wildman–Crippen LogP) is 3.41. The van der Waals surface area contributed by atoms with Crippen molar-refractivity contribution in [3.05, 3.63) is 34.2 Å². The third-order valence-electron chi connectivity index (χ3n) is 1.49. The maximum absolute atomic E-state index is 12.1. The van der Waals surface area contributed by atoms with Crippen LogP contribution in [0, 0.1) is 11.8 Å². The molecule has 0 radical (unpaired) electrons. The second-order valence-electron chi connectivity index (χ2n) is 2.65. The summed E-state index contributed by atoms with van der Waals surface area (Å²) in [5.41, 5.74) is -0.682. The zero-order valence-electron chi connectivity index (χ0n) is 6.72. The van der Waals surface area contributed by atoms with Crippen LogP contribution < -0.4 is 0 Å². The SMILES string of the molecule is Cc1cc(N=O)cc(C(F)(F)F)c1. The van der Waals surface area contributed by atoms with E-state index in [-0.39, 0.29) is 5.69 Å². The van der Waals surface area contributed by atoms with Gasteiger partial charge in [-0.3, -0.25) is 0 Å². The van der Waals surface area contributed by atoms with Crippen molar-refractivity contribution in [1.29, 1.82) is 0 Å². The van der Waals surface area contributed by atoms with Crippen molar-refractivity contribution in [3.63, 3.8) is 0 Å². The smallest absolute Gasteiger partial charge is 0.166 e. The molecule has 0 amide bonds. The fourth-order valence-corrected chi connectivity index (χ4v) is 0.979. The molecular formula is C8H6F3NO. The van der Waals surface area contributed by atoms with Crippen molar-refractivity contribution >= 4 is 5.69 Å². The number of aryl methyl sites for hydroxylation is 1. The molecule has 0 atom stereocenters. The molecule has 0 saturated carbocycles. The summed E-state index contributed by atoms with van der Waals surface area (Å²) in [6, 6.07) is 2.98. The first-order valence-corrected chi connectivity index (χ1v) is 3.46. The molecular weight excluding hydrogens is 183 g/mol. The summed E-state index contributed by atoms with van der Waals surface area (Å²) in [5.74, 6) is 0. The molecule has 0 aliphatic carbocycles. The third kappa shape index (κ3) is 2.27. The fraction of sp³-hybridized carbons (Fsp3) is 0.250. The summed E-state index contributed by atoms with van der Waals surface area (Å²) in [7, 11) is 0. The molecule has 1 rings (SSSR count). The summed E-state index contributed by atoms with van der Waals surface area (Å²) in [5, 5.41) is 2.46. The van der Waals surface area contributed by atoms with E-state index in [9.17, 15) is 18.1 Å². The van der Waals surface area contributed by atoms with Crippen molar-refractivity contribution in [2.75, 3.05) is 0 Å². The Morgan fingerprint density at radius 2 is 1.85 bits per heavy atom. The molecule has 0 heterocycles. The van der Waals surface area contributed by atoms with E-state index in [1.807, 2.05) is 0 Å². The molecule has 0 aliphatic rings. The summed E-state index contributed by atoms with van der Waals surface area (Å²) in [6.07, 6.45) is -4.43. The highest BCUT2D eigenvalue weighted by Crippen LogP contribution is 2.32. The Bertz CT molecular complexity index is 333. The average molecular weight is 189 g/mol. The van der Waals surface area contributed by atoms with Gasteiger partial charge in [0.15, 0.2) is 0 Å². The average Bonchev–Trinajstić information content (AvgIpc) is 2.01. The highest BCUT2D eigenvalue weighted by molar-refractivity contribution is 5.44. The Kier molecular flexibility index (Phi) is 2.36. The van der Waals surface area contributed by atoms with Gasteiger partial charge in [-0.25, -0.2) is 0 Å². The molecule has 0 unspecified atom stereocenters. The molecule has 0 aromatic heterocycles. The minimum Gasteiger partial charge on any atom is -0.166 e. The lowest BCUT2D eigenvalue weighted by atomic mass is 10.1. The van der Waals surface area contributed by atoms with Crippen LogP contribution in [0.5, 0.6) is 0 Å². The van der Waals surface area contributed by atoms with Crippen LogP contribution in [0.4, 0.5) is 18.9 Å². The van der Waals surface area contributed by atoms with Crippen molar-refractivity contribution in [2.45, 2.75) is 13.1 Å². The number of hydrogen-bond donors (Lipinski definition) is 0. The quantitative estimate of drug-likeness (QED) is 0.622. The number of hydrogen-bond acceptors (Lipinski definition) is 2. The minimum absolute atomic E-state index is 0.202. The second kappa shape index (κ2) is 3.16. The summed E-state index contributed by atoms with van der Waals surface area (Å²) < 4.78 is 36.4. The zero-order chi connectivity index (χ0) is 10.1. The Labute approximate surface area is 72.4 Å². The van der Waals surface area contributed by atoms with Crippen LogP contribution in [0.2, 0.25) is 0 Å². The molecule has 0 saturated heterocycles. The van der Waals surface area contributed by atoms with Gasteiger partial charge < -0.3 is 0 Å². The number of halogens is 3. The monoisotopic (exact) mass is 189 g/mol. The highest BCUT2D eigenvalue weighted by Gasteiger charge is 2.30. The predicted molar refractivity (Wildman–Crippen MR) is 41.6 cm³/mol. The van der Waals surface area contributed by atoms with Gasteiger partial charge in [0.2, 0.25) is 0 Å². The van der Waals surface area contributed by atoms with Crippen LogP contribution >= 0.6 is 0 Å². The molecule has 1 aromatic carbocycles. The van der Waals surface area contributed by atoms with E-state index in [0.717, 1.165) is 12.1 Å². The van der Waals surface area contributed by atoms with Crippen LogP contribution in [-0.4, -0.2) is 0 Å².